The van der Waals surface area contributed by atoms with Gasteiger partial charge in [-0.15, -0.1) is 0 Å². The first-order valence-corrected chi connectivity index (χ1v) is 10.2. The minimum Gasteiger partial charge on any atom is -0.497 e. The van der Waals surface area contributed by atoms with Gasteiger partial charge in [0.1, 0.15) is 5.75 Å². The zero-order valence-corrected chi connectivity index (χ0v) is 18.2. The summed E-state index contributed by atoms with van der Waals surface area (Å²) in [5.74, 6) is -1.43. The van der Waals surface area contributed by atoms with Crippen LogP contribution in [0.4, 0.5) is 18.9 Å². The molecule has 178 valence electrons. The molecule has 0 bridgehead atoms. The Morgan fingerprint density at radius 1 is 1.00 bits per heavy atom. The van der Waals surface area contributed by atoms with Crippen LogP contribution in [0.3, 0.4) is 0 Å². The summed E-state index contributed by atoms with van der Waals surface area (Å²) in [6.45, 7) is 0. The standard InChI is InChI=1S/C24H18F3N5O3/c1-35-18-4-2-3-14(11-18)13-28-32-22(34)16-7-5-15(6-8-16)21(33)29-17-9-10-19-20(12-17)31-23(30-19)24(25,26)27/h2-13H,1H3,(H,29,33)(H,30,31)(H,32,34). The number of carbonyl (C=O) groups is 2. The van der Waals surface area contributed by atoms with Gasteiger partial charge in [-0.2, -0.15) is 18.3 Å². The highest BCUT2D eigenvalue weighted by atomic mass is 19.4. The predicted octanol–water partition coefficient (Wildman–Crippen LogP) is 4.61. The number of hydrogen-bond donors (Lipinski definition) is 3. The number of methoxy groups -OCH3 is 1. The van der Waals surface area contributed by atoms with Crippen molar-refractivity contribution in [1.82, 2.24) is 15.4 Å². The molecule has 35 heavy (non-hydrogen) atoms. The summed E-state index contributed by atoms with van der Waals surface area (Å²) in [4.78, 5) is 30.5. The predicted molar refractivity (Wildman–Crippen MR) is 124 cm³/mol. The second-order valence-corrected chi connectivity index (χ2v) is 7.32. The molecule has 0 atom stereocenters. The SMILES string of the molecule is COc1cccc(C=NNC(=O)c2ccc(C(=O)Nc3ccc4[nH]c(C(F)(F)F)nc4c3)cc2)c1. The summed E-state index contributed by atoms with van der Waals surface area (Å²) in [6.07, 6.45) is -3.13. The van der Waals surface area contributed by atoms with E-state index in [0.29, 0.717) is 5.75 Å². The molecule has 8 nitrogen and oxygen atoms in total. The van der Waals surface area contributed by atoms with Crippen molar-refractivity contribution < 1.29 is 27.5 Å². The molecule has 0 saturated carbocycles. The zero-order valence-electron chi connectivity index (χ0n) is 18.2. The van der Waals surface area contributed by atoms with E-state index in [4.69, 9.17) is 4.74 Å². The van der Waals surface area contributed by atoms with Crippen molar-refractivity contribution in [1.29, 1.82) is 0 Å². The molecule has 2 amide bonds. The number of halogens is 3. The number of nitrogens with zero attached hydrogens (tertiary/aromatic N) is 2. The van der Waals surface area contributed by atoms with Crippen LogP contribution >= 0.6 is 0 Å². The van der Waals surface area contributed by atoms with E-state index in [9.17, 15) is 22.8 Å². The number of H-pyrrole nitrogens is 1. The average Bonchev–Trinajstić information content (AvgIpc) is 3.28. The molecule has 1 aromatic heterocycles. The smallest absolute Gasteiger partial charge is 0.449 e. The Labute approximate surface area is 196 Å². The third-order valence-electron chi connectivity index (χ3n) is 4.89. The number of benzene rings is 3. The number of nitrogens with one attached hydrogen (secondary N) is 3. The van der Waals surface area contributed by atoms with Gasteiger partial charge in [0.2, 0.25) is 5.82 Å². The van der Waals surface area contributed by atoms with Crippen molar-refractivity contribution in [3.63, 3.8) is 0 Å². The third kappa shape index (κ3) is 5.64. The minimum atomic E-state index is -4.60. The van der Waals surface area contributed by atoms with Crippen molar-refractivity contribution in [2.24, 2.45) is 5.10 Å². The number of carbonyl (C=O) groups excluding carboxylic acids is 2. The molecule has 0 aliphatic heterocycles. The van der Waals surface area contributed by atoms with Gasteiger partial charge < -0.3 is 15.0 Å². The topological polar surface area (TPSA) is 108 Å². The van der Waals surface area contributed by atoms with Crippen LogP contribution in [-0.4, -0.2) is 35.1 Å². The number of amides is 2. The fraction of sp³-hybridized carbons (Fsp3) is 0.0833. The van der Waals surface area contributed by atoms with Gasteiger partial charge in [-0.25, -0.2) is 10.4 Å². The number of hydrogen-bond acceptors (Lipinski definition) is 5. The Morgan fingerprint density at radius 2 is 1.71 bits per heavy atom. The number of rotatable bonds is 6. The maximum Gasteiger partial charge on any atom is 0.449 e. The van der Waals surface area contributed by atoms with E-state index in [-0.39, 0.29) is 27.8 Å². The summed E-state index contributed by atoms with van der Waals surface area (Å²) in [5, 5.41) is 6.51. The first-order chi connectivity index (χ1) is 16.7. The van der Waals surface area contributed by atoms with E-state index in [2.05, 4.69) is 25.8 Å². The molecule has 0 saturated heterocycles. The summed E-state index contributed by atoms with van der Waals surface area (Å²) in [6, 6.07) is 17.1. The van der Waals surface area contributed by atoms with Gasteiger partial charge in [-0.1, -0.05) is 12.1 Å². The van der Waals surface area contributed by atoms with Gasteiger partial charge in [0.05, 0.1) is 24.4 Å². The first kappa shape index (κ1) is 23.5. The number of imidazole rings is 1. The number of ether oxygens (including phenoxy) is 1. The van der Waals surface area contributed by atoms with E-state index in [1.165, 1.54) is 48.7 Å². The number of anilines is 1. The largest absolute Gasteiger partial charge is 0.497 e. The van der Waals surface area contributed by atoms with Crippen LogP contribution < -0.4 is 15.5 Å². The van der Waals surface area contributed by atoms with Crippen LogP contribution in [0.2, 0.25) is 0 Å². The Hall–Kier alpha value is -4.67. The van der Waals surface area contributed by atoms with Crippen LogP contribution in [-0.2, 0) is 6.18 Å². The van der Waals surface area contributed by atoms with E-state index in [1.807, 2.05) is 0 Å². The summed E-state index contributed by atoms with van der Waals surface area (Å²) >= 11 is 0. The molecule has 3 N–H and O–H groups in total. The lowest BCUT2D eigenvalue weighted by atomic mass is 10.1. The quantitative estimate of drug-likeness (QED) is 0.276. The van der Waals surface area contributed by atoms with Crippen molar-refractivity contribution >= 4 is 34.7 Å². The lowest BCUT2D eigenvalue weighted by molar-refractivity contribution is -0.144. The van der Waals surface area contributed by atoms with Gasteiger partial charge in [-0.3, -0.25) is 9.59 Å². The second-order valence-electron chi connectivity index (χ2n) is 7.32. The van der Waals surface area contributed by atoms with Crippen LogP contribution in [0.1, 0.15) is 32.1 Å². The van der Waals surface area contributed by atoms with E-state index in [0.717, 1.165) is 5.56 Å². The molecule has 1 heterocycles. The van der Waals surface area contributed by atoms with Crippen LogP contribution in [0.25, 0.3) is 11.0 Å². The minimum absolute atomic E-state index is 0.0663. The number of aromatic nitrogens is 2. The molecule has 4 rings (SSSR count). The van der Waals surface area contributed by atoms with Crippen molar-refractivity contribution in [3.8, 4) is 5.75 Å². The summed E-state index contributed by atoms with van der Waals surface area (Å²) in [5.41, 5.74) is 4.20. The van der Waals surface area contributed by atoms with Crippen molar-refractivity contribution in [2.75, 3.05) is 12.4 Å². The molecule has 4 aromatic rings. The van der Waals surface area contributed by atoms with Crippen molar-refractivity contribution in [2.45, 2.75) is 6.18 Å². The van der Waals surface area contributed by atoms with Crippen LogP contribution in [0.15, 0.2) is 71.8 Å². The van der Waals surface area contributed by atoms with E-state index in [1.54, 1.807) is 31.4 Å². The Balaban J connectivity index is 1.38. The second kappa shape index (κ2) is 9.67. The molecule has 0 spiro atoms. The van der Waals surface area contributed by atoms with Gasteiger partial charge >= 0.3 is 6.18 Å². The molecule has 3 aromatic carbocycles. The lowest BCUT2D eigenvalue weighted by Gasteiger charge is -2.06. The maximum atomic E-state index is 12.8. The molecule has 0 aliphatic carbocycles. The fourth-order valence-corrected chi connectivity index (χ4v) is 3.15. The van der Waals surface area contributed by atoms with Gasteiger partial charge in [0.15, 0.2) is 0 Å². The Morgan fingerprint density at radius 3 is 2.40 bits per heavy atom. The van der Waals surface area contributed by atoms with Gasteiger partial charge in [0, 0.05) is 16.8 Å². The van der Waals surface area contributed by atoms with Crippen LogP contribution in [0, 0.1) is 0 Å². The van der Waals surface area contributed by atoms with Crippen molar-refractivity contribution in [3.05, 3.63) is 89.2 Å². The lowest BCUT2D eigenvalue weighted by Crippen LogP contribution is -2.18. The highest BCUT2D eigenvalue weighted by Gasteiger charge is 2.34. The molecule has 11 heteroatoms. The summed E-state index contributed by atoms with van der Waals surface area (Å²) < 4.78 is 43.6. The normalized spacial score (nSPS) is 11.5. The first-order valence-electron chi connectivity index (χ1n) is 10.2. The van der Waals surface area contributed by atoms with Crippen LogP contribution in [0.5, 0.6) is 5.75 Å². The van der Waals surface area contributed by atoms with Gasteiger partial charge in [0.25, 0.3) is 11.8 Å². The van der Waals surface area contributed by atoms with E-state index >= 15 is 0 Å². The summed E-state index contributed by atoms with van der Waals surface area (Å²) in [7, 11) is 1.55. The highest BCUT2D eigenvalue weighted by Crippen LogP contribution is 2.29. The fourth-order valence-electron chi connectivity index (χ4n) is 3.15. The number of hydrazone groups is 1. The molecule has 0 radical (unpaired) electrons. The molecule has 0 fully saturated rings. The Bertz CT molecular complexity index is 1410. The average molecular weight is 481 g/mol. The third-order valence-corrected chi connectivity index (χ3v) is 4.89. The number of aromatic amines is 1. The zero-order chi connectivity index (χ0) is 25.0. The maximum absolute atomic E-state index is 12.8. The van der Waals surface area contributed by atoms with E-state index < -0.39 is 23.8 Å². The number of alkyl halides is 3. The Kier molecular flexibility index (Phi) is 6.49. The molecule has 0 unspecified atom stereocenters. The monoisotopic (exact) mass is 481 g/mol. The molecular weight excluding hydrogens is 463 g/mol. The number of fused-ring (bicyclic) bond motifs is 1. The molecule has 0 aliphatic rings. The highest BCUT2D eigenvalue weighted by molar-refractivity contribution is 6.05. The molecular formula is C24H18F3N5O3. The van der Waals surface area contributed by atoms with Gasteiger partial charge in [-0.05, 0) is 60.2 Å².